The highest BCUT2D eigenvalue weighted by Gasteiger charge is 2.15. The van der Waals surface area contributed by atoms with Crippen LogP contribution in [0.15, 0.2) is 36.5 Å². The van der Waals surface area contributed by atoms with Crippen molar-refractivity contribution in [3.63, 3.8) is 0 Å². The molecular formula is C16H16ClN3O. The first kappa shape index (κ1) is 13.9. The lowest BCUT2D eigenvalue weighted by Crippen LogP contribution is -2.02. The third-order valence-corrected chi connectivity index (χ3v) is 3.86. The number of aryl methyl sites for hydroxylation is 1. The van der Waals surface area contributed by atoms with Crippen molar-refractivity contribution in [1.82, 2.24) is 9.38 Å². The first-order valence-corrected chi connectivity index (χ1v) is 7.04. The summed E-state index contributed by atoms with van der Waals surface area (Å²) in [6.45, 7) is 2.40. The van der Waals surface area contributed by atoms with Gasteiger partial charge in [-0.1, -0.05) is 11.6 Å². The Hall–Kier alpha value is -2.04. The molecule has 0 atom stereocenters. The molecular weight excluding hydrogens is 286 g/mol. The Morgan fingerprint density at radius 3 is 2.81 bits per heavy atom. The minimum absolute atomic E-state index is 0.391. The fourth-order valence-corrected chi connectivity index (χ4v) is 2.74. The van der Waals surface area contributed by atoms with E-state index in [4.69, 9.17) is 22.1 Å². The van der Waals surface area contributed by atoms with Gasteiger partial charge < -0.3 is 14.9 Å². The zero-order valence-electron chi connectivity index (χ0n) is 11.9. The molecule has 108 valence electrons. The smallest absolute Gasteiger partial charge is 0.156 e. The summed E-state index contributed by atoms with van der Waals surface area (Å²) in [5.41, 5.74) is 10.5. The minimum atomic E-state index is 0.391. The quantitative estimate of drug-likeness (QED) is 0.806. The molecule has 21 heavy (non-hydrogen) atoms. The molecule has 0 saturated heterocycles. The van der Waals surface area contributed by atoms with E-state index in [1.807, 2.05) is 47.9 Å². The van der Waals surface area contributed by atoms with Crippen LogP contribution in [0.2, 0.25) is 5.02 Å². The Balaban J connectivity index is 2.24. The molecule has 2 aromatic heterocycles. The number of imidazole rings is 1. The number of aromatic nitrogens is 2. The highest BCUT2D eigenvalue weighted by atomic mass is 35.5. The number of hydrogen-bond donors (Lipinski definition) is 1. The van der Waals surface area contributed by atoms with E-state index in [9.17, 15) is 0 Å². The molecule has 2 heterocycles. The number of benzene rings is 1. The predicted molar refractivity (Wildman–Crippen MR) is 84.8 cm³/mol. The molecule has 0 unspecified atom stereocenters. The number of ether oxygens (including phenoxy) is 1. The number of nitrogens with zero attached hydrogens (tertiary/aromatic N) is 2. The van der Waals surface area contributed by atoms with Gasteiger partial charge in [-0.15, -0.1) is 0 Å². The topological polar surface area (TPSA) is 52.5 Å². The van der Waals surface area contributed by atoms with Crippen LogP contribution in [0.3, 0.4) is 0 Å². The Labute approximate surface area is 128 Å². The van der Waals surface area contributed by atoms with Gasteiger partial charge in [0, 0.05) is 18.3 Å². The molecule has 0 amide bonds. The van der Waals surface area contributed by atoms with E-state index in [0.717, 1.165) is 33.9 Å². The number of fused-ring (bicyclic) bond motifs is 1. The molecule has 2 N–H and O–H groups in total. The van der Waals surface area contributed by atoms with Crippen LogP contribution >= 0.6 is 11.6 Å². The molecule has 3 rings (SSSR count). The summed E-state index contributed by atoms with van der Waals surface area (Å²) in [7, 11) is 1.66. The fourth-order valence-electron chi connectivity index (χ4n) is 2.54. The van der Waals surface area contributed by atoms with Crippen molar-refractivity contribution in [3.8, 4) is 17.0 Å². The lowest BCUT2D eigenvalue weighted by atomic mass is 10.1. The third kappa shape index (κ3) is 2.26. The fraction of sp³-hybridized carbons (Fsp3) is 0.188. The van der Waals surface area contributed by atoms with E-state index in [2.05, 4.69) is 4.98 Å². The second-order valence-corrected chi connectivity index (χ2v) is 5.25. The minimum Gasteiger partial charge on any atom is -0.496 e. The third-order valence-electron chi connectivity index (χ3n) is 3.56. The number of halogens is 1. The van der Waals surface area contributed by atoms with Crippen LogP contribution in [-0.4, -0.2) is 16.5 Å². The second-order valence-electron chi connectivity index (χ2n) is 4.85. The van der Waals surface area contributed by atoms with Gasteiger partial charge in [0.2, 0.25) is 0 Å². The van der Waals surface area contributed by atoms with Crippen molar-refractivity contribution in [3.05, 3.63) is 52.8 Å². The van der Waals surface area contributed by atoms with E-state index in [1.54, 1.807) is 7.11 Å². The zero-order chi connectivity index (χ0) is 15.0. The van der Waals surface area contributed by atoms with E-state index < -0.39 is 0 Å². The molecule has 3 aromatic rings. The van der Waals surface area contributed by atoms with E-state index in [0.29, 0.717) is 11.6 Å². The van der Waals surface area contributed by atoms with Crippen molar-refractivity contribution >= 4 is 17.2 Å². The molecule has 4 nitrogen and oxygen atoms in total. The number of rotatable bonds is 3. The summed E-state index contributed by atoms with van der Waals surface area (Å²) in [6, 6.07) is 9.69. The van der Waals surface area contributed by atoms with Crippen LogP contribution in [0.5, 0.6) is 5.75 Å². The van der Waals surface area contributed by atoms with Gasteiger partial charge in [-0.25, -0.2) is 4.98 Å². The molecule has 5 heteroatoms. The second kappa shape index (κ2) is 5.39. The highest BCUT2D eigenvalue weighted by Crippen LogP contribution is 2.30. The molecule has 0 fully saturated rings. The first-order valence-electron chi connectivity index (χ1n) is 6.66. The normalized spacial score (nSPS) is 11.0. The Kier molecular flexibility index (Phi) is 3.57. The average molecular weight is 302 g/mol. The molecule has 0 aliphatic carbocycles. The maximum absolute atomic E-state index is 6.22. The van der Waals surface area contributed by atoms with Crippen molar-refractivity contribution in [2.75, 3.05) is 7.11 Å². The molecule has 0 radical (unpaired) electrons. The van der Waals surface area contributed by atoms with Gasteiger partial charge in [-0.3, -0.25) is 0 Å². The summed E-state index contributed by atoms with van der Waals surface area (Å²) in [6.07, 6.45) is 1.93. The van der Waals surface area contributed by atoms with Gasteiger partial charge in [-0.05, 0) is 42.8 Å². The largest absolute Gasteiger partial charge is 0.496 e. The van der Waals surface area contributed by atoms with Crippen molar-refractivity contribution in [1.29, 1.82) is 0 Å². The zero-order valence-corrected chi connectivity index (χ0v) is 12.7. The first-order chi connectivity index (χ1) is 10.2. The monoisotopic (exact) mass is 301 g/mol. The van der Waals surface area contributed by atoms with Crippen LogP contribution in [0, 0.1) is 6.92 Å². The standard InChI is InChI=1S/C16H16ClN3O/c1-10-8-11(5-6-14(10)21-2)15-13(9-18)20-7-3-4-12(17)16(20)19-15/h3-8H,9,18H2,1-2H3. The van der Waals surface area contributed by atoms with Crippen molar-refractivity contribution in [2.24, 2.45) is 5.73 Å². The maximum atomic E-state index is 6.22. The molecule has 0 aliphatic rings. The van der Waals surface area contributed by atoms with Gasteiger partial charge in [0.1, 0.15) is 5.75 Å². The molecule has 0 bridgehead atoms. The molecule has 0 saturated carbocycles. The number of pyridine rings is 1. The molecule has 1 aromatic carbocycles. The molecule has 0 spiro atoms. The lowest BCUT2D eigenvalue weighted by molar-refractivity contribution is 0.412. The van der Waals surface area contributed by atoms with Crippen molar-refractivity contribution in [2.45, 2.75) is 13.5 Å². The van der Waals surface area contributed by atoms with E-state index in [1.165, 1.54) is 0 Å². The van der Waals surface area contributed by atoms with Gasteiger partial charge >= 0.3 is 0 Å². The number of hydrogen-bond acceptors (Lipinski definition) is 3. The van der Waals surface area contributed by atoms with Gasteiger partial charge in [0.25, 0.3) is 0 Å². The summed E-state index contributed by atoms with van der Waals surface area (Å²) in [5, 5.41) is 0.615. The van der Waals surface area contributed by atoms with Crippen LogP contribution in [0.1, 0.15) is 11.3 Å². The Morgan fingerprint density at radius 2 is 2.14 bits per heavy atom. The van der Waals surface area contributed by atoms with Crippen LogP contribution in [0.4, 0.5) is 0 Å². The maximum Gasteiger partial charge on any atom is 0.156 e. The lowest BCUT2D eigenvalue weighted by Gasteiger charge is -2.07. The Bertz CT molecular complexity index is 811. The van der Waals surface area contributed by atoms with Gasteiger partial charge in [0.15, 0.2) is 5.65 Å². The SMILES string of the molecule is COc1ccc(-c2nc3c(Cl)cccn3c2CN)cc1C. The Morgan fingerprint density at radius 1 is 1.33 bits per heavy atom. The number of methoxy groups -OCH3 is 1. The summed E-state index contributed by atoms with van der Waals surface area (Å²) in [5.74, 6) is 0.856. The summed E-state index contributed by atoms with van der Waals surface area (Å²) in [4.78, 5) is 4.66. The summed E-state index contributed by atoms with van der Waals surface area (Å²) < 4.78 is 7.24. The average Bonchev–Trinajstić information content (AvgIpc) is 2.87. The van der Waals surface area contributed by atoms with E-state index >= 15 is 0 Å². The predicted octanol–water partition coefficient (Wildman–Crippen LogP) is 3.43. The van der Waals surface area contributed by atoms with Gasteiger partial charge in [0.05, 0.1) is 23.5 Å². The van der Waals surface area contributed by atoms with Crippen LogP contribution in [0.25, 0.3) is 16.9 Å². The molecule has 0 aliphatic heterocycles. The van der Waals surface area contributed by atoms with Crippen LogP contribution < -0.4 is 10.5 Å². The van der Waals surface area contributed by atoms with Crippen LogP contribution in [-0.2, 0) is 6.54 Å². The van der Waals surface area contributed by atoms with Gasteiger partial charge in [-0.2, -0.15) is 0 Å². The van der Waals surface area contributed by atoms with E-state index in [-0.39, 0.29) is 0 Å². The van der Waals surface area contributed by atoms with Crippen molar-refractivity contribution < 1.29 is 4.74 Å². The summed E-state index contributed by atoms with van der Waals surface area (Å²) >= 11 is 6.22. The highest BCUT2D eigenvalue weighted by molar-refractivity contribution is 6.33. The number of nitrogens with two attached hydrogens (primary N) is 1.